The van der Waals surface area contributed by atoms with Crippen molar-refractivity contribution in [2.24, 2.45) is 0 Å². The lowest BCUT2D eigenvalue weighted by Gasteiger charge is -2.13. The summed E-state index contributed by atoms with van der Waals surface area (Å²) in [6, 6.07) is 3.43. The zero-order valence-electron chi connectivity index (χ0n) is 8.09. The van der Waals surface area contributed by atoms with Crippen molar-refractivity contribution in [1.82, 2.24) is 0 Å². The third kappa shape index (κ3) is 1.98. The van der Waals surface area contributed by atoms with Crippen molar-refractivity contribution in [3.8, 4) is 6.07 Å². The number of carbonyl (C=O) groups is 1. The Morgan fingerprint density at radius 1 is 1.44 bits per heavy atom. The molecule has 0 radical (unpaired) electrons. The molecule has 1 N–H and O–H groups in total. The van der Waals surface area contributed by atoms with Gasteiger partial charge in [0.2, 0.25) is 0 Å². The first-order valence-electron chi connectivity index (χ1n) is 4.13. The van der Waals surface area contributed by atoms with Crippen LogP contribution in [0.5, 0.6) is 0 Å². The van der Waals surface area contributed by atoms with Gasteiger partial charge >= 0.3 is 12.1 Å². The smallest absolute Gasteiger partial charge is 0.417 e. The molecule has 0 atom stereocenters. The Balaban J connectivity index is 3.64. The van der Waals surface area contributed by atoms with Crippen molar-refractivity contribution in [3.63, 3.8) is 0 Å². The summed E-state index contributed by atoms with van der Waals surface area (Å²) in [4.78, 5) is 10.6. The molecule has 84 valence electrons. The maximum absolute atomic E-state index is 12.6. The fourth-order valence-electron chi connectivity index (χ4n) is 1.38. The summed E-state index contributed by atoms with van der Waals surface area (Å²) in [5.41, 5.74) is -2.66. The minimum Gasteiger partial charge on any atom is -0.478 e. The maximum Gasteiger partial charge on any atom is 0.417 e. The molecule has 1 aromatic rings. The van der Waals surface area contributed by atoms with Crippen molar-refractivity contribution in [2.75, 3.05) is 0 Å². The van der Waals surface area contributed by atoms with Gasteiger partial charge in [0.15, 0.2) is 0 Å². The second-order valence-electron chi connectivity index (χ2n) is 3.08. The van der Waals surface area contributed by atoms with Crippen molar-refractivity contribution in [1.29, 1.82) is 5.26 Å². The van der Waals surface area contributed by atoms with Gasteiger partial charge in [-0.3, -0.25) is 0 Å². The van der Waals surface area contributed by atoms with E-state index in [4.69, 9.17) is 10.4 Å². The van der Waals surface area contributed by atoms with Crippen LogP contribution in [-0.4, -0.2) is 11.1 Å². The number of hydrogen-bond acceptors (Lipinski definition) is 2. The molecule has 6 heteroatoms. The van der Waals surface area contributed by atoms with E-state index >= 15 is 0 Å². The third-order valence-electron chi connectivity index (χ3n) is 2.10. The number of nitrogens with zero attached hydrogens (tertiary/aromatic N) is 1. The summed E-state index contributed by atoms with van der Waals surface area (Å²) in [5.74, 6) is -1.67. The molecule has 0 aliphatic carbocycles. The van der Waals surface area contributed by atoms with Crippen LogP contribution in [0, 0.1) is 18.3 Å². The van der Waals surface area contributed by atoms with E-state index in [2.05, 4.69) is 0 Å². The Bertz CT molecular complexity index is 486. The van der Waals surface area contributed by atoms with E-state index in [0.29, 0.717) is 0 Å². The minimum atomic E-state index is -4.79. The highest BCUT2D eigenvalue weighted by Crippen LogP contribution is 2.35. The van der Waals surface area contributed by atoms with Gasteiger partial charge in [0, 0.05) is 0 Å². The number of nitriles is 1. The van der Waals surface area contributed by atoms with Crippen LogP contribution in [0.15, 0.2) is 12.1 Å². The lowest BCUT2D eigenvalue weighted by Crippen LogP contribution is -2.15. The van der Waals surface area contributed by atoms with Crippen LogP contribution in [0.3, 0.4) is 0 Å². The van der Waals surface area contributed by atoms with Crippen LogP contribution in [-0.2, 0) is 6.18 Å². The zero-order valence-corrected chi connectivity index (χ0v) is 8.09. The summed E-state index contributed by atoms with van der Waals surface area (Å²) in [6.07, 6.45) is -4.79. The molecule has 0 heterocycles. The minimum absolute atomic E-state index is 0.183. The predicted octanol–water partition coefficient (Wildman–Crippen LogP) is 2.58. The number of carboxylic acids is 1. The van der Waals surface area contributed by atoms with Crippen molar-refractivity contribution >= 4 is 5.97 Å². The van der Waals surface area contributed by atoms with Gasteiger partial charge in [-0.25, -0.2) is 4.79 Å². The molecule has 3 nitrogen and oxygen atoms in total. The zero-order chi connectivity index (χ0) is 12.5. The molecule has 0 unspecified atom stereocenters. The Kier molecular flexibility index (Phi) is 2.90. The molecule has 0 fully saturated rings. The van der Waals surface area contributed by atoms with Crippen LogP contribution in [0.25, 0.3) is 0 Å². The first-order valence-corrected chi connectivity index (χ1v) is 4.13. The molecule has 0 saturated carbocycles. The van der Waals surface area contributed by atoms with Crippen LogP contribution in [0.1, 0.15) is 27.0 Å². The van der Waals surface area contributed by atoms with Crippen molar-refractivity contribution in [3.05, 3.63) is 34.4 Å². The van der Waals surface area contributed by atoms with Crippen LogP contribution in [0.4, 0.5) is 13.2 Å². The normalized spacial score (nSPS) is 10.9. The molecule has 0 bridgehead atoms. The first-order chi connectivity index (χ1) is 7.29. The Morgan fingerprint density at radius 3 is 2.38 bits per heavy atom. The third-order valence-corrected chi connectivity index (χ3v) is 2.10. The van der Waals surface area contributed by atoms with Gasteiger partial charge in [0.1, 0.15) is 0 Å². The molecule has 0 amide bonds. The van der Waals surface area contributed by atoms with E-state index in [1.54, 1.807) is 6.07 Å². The average Bonchev–Trinajstić information content (AvgIpc) is 2.14. The Morgan fingerprint density at radius 2 is 2.00 bits per heavy atom. The molecule has 0 aliphatic heterocycles. The second kappa shape index (κ2) is 3.85. The van der Waals surface area contributed by atoms with Gasteiger partial charge in [-0.1, -0.05) is 0 Å². The van der Waals surface area contributed by atoms with Crippen molar-refractivity contribution < 1.29 is 23.1 Å². The molecule has 0 aliphatic rings. The lowest BCUT2D eigenvalue weighted by atomic mass is 9.97. The van der Waals surface area contributed by atoms with E-state index in [-0.39, 0.29) is 11.1 Å². The van der Waals surface area contributed by atoms with E-state index < -0.39 is 23.3 Å². The van der Waals surface area contributed by atoms with Gasteiger partial charge in [-0.2, -0.15) is 18.4 Å². The molecular formula is C10H6F3NO2. The van der Waals surface area contributed by atoms with Gasteiger partial charge in [-0.05, 0) is 24.6 Å². The highest BCUT2D eigenvalue weighted by molar-refractivity contribution is 5.90. The Hall–Kier alpha value is -2.03. The second-order valence-corrected chi connectivity index (χ2v) is 3.08. The van der Waals surface area contributed by atoms with Gasteiger partial charge in [0.25, 0.3) is 0 Å². The number of alkyl halides is 3. The highest BCUT2D eigenvalue weighted by Gasteiger charge is 2.37. The predicted molar refractivity (Wildman–Crippen MR) is 47.9 cm³/mol. The molecule has 1 rings (SSSR count). The standard InChI is InChI=1S/C10H6F3NO2/c1-5-6(4-14)2-3-7(9(15)16)8(5)10(11,12)13/h2-3H,1H3,(H,15,16). The number of aromatic carboxylic acids is 1. The van der Waals surface area contributed by atoms with Crippen LogP contribution in [0.2, 0.25) is 0 Å². The fraction of sp³-hybridized carbons (Fsp3) is 0.200. The fourth-order valence-corrected chi connectivity index (χ4v) is 1.38. The topological polar surface area (TPSA) is 61.1 Å². The number of rotatable bonds is 1. The van der Waals surface area contributed by atoms with E-state index in [9.17, 15) is 18.0 Å². The van der Waals surface area contributed by atoms with Gasteiger partial charge in [0.05, 0.1) is 22.8 Å². The summed E-state index contributed by atoms with van der Waals surface area (Å²) in [5, 5.41) is 17.2. The van der Waals surface area contributed by atoms with E-state index in [0.717, 1.165) is 19.1 Å². The SMILES string of the molecule is Cc1c(C#N)ccc(C(=O)O)c1C(F)(F)F. The molecule has 0 aromatic heterocycles. The van der Waals surface area contributed by atoms with E-state index in [1.807, 2.05) is 0 Å². The molecule has 16 heavy (non-hydrogen) atoms. The summed E-state index contributed by atoms with van der Waals surface area (Å²) < 4.78 is 37.8. The largest absolute Gasteiger partial charge is 0.478 e. The van der Waals surface area contributed by atoms with Gasteiger partial charge in [-0.15, -0.1) is 0 Å². The monoisotopic (exact) mass is 229 g/mol. The first kappa shape index (κ1) is 12.0. The molecule has 0 spiro atoms. The lowest BCUT2D eigenvalue weighted by molar-refractivity contribution is -0.138. The Labute approximate surface area is 88.7 Å². The van der Waals surface area contributed by atoms with Gasteiger partial charge < -0.3 is 5.11 Å². The maximum atomic E-state index is 12.6. The quantitative estimate of drug-likeness (QED) is 0.804. The molecule has 1 aromatic carbocycles. The van der Waals surface area contributed by atoms with E-state index in [1.165, 1.54) is 0 Å². The number of benzene rings is 1. The summed E-state index contributed by atoms with van der Waals surface area (Å²) in [6.45, 7) is 1.08. The summed E-state index contributed by atoms with van der Waals surface area (Å²) in [7, 11) is 0. The van der Waals surface area contributed by atoms with Crippen molar-refractivity contribution in [2.45, 2.75) is 13.1 Å². The average molecular weight is 229 g/mol. The molecular weight excluding hydrogens is 223 g/mol. The molecule has 0 saturated heterocycles. The number of halogens is 3. The van der Waals surface area contributed by atoms with Crippen LogP contribution >= 0.6 is 0 Å². The summed E-state index contributed by atoms with van der Waals surface area (Å²) >= 11 is 0. The number of carboxylic acid groups (broad SMARTS) is 1. The van der Waals surface area contributed by atoms with Crippen LogP contribution < -0.4 is 0 Å². The highest BCUT2D eigenvalue weighted by atomic mass is 19.4. The number of hydrogen-bond donors (Lipinski definition) is 1.